The average molecular weight is 538 g/mol. The molecular weight excluding hydrogens is 512 g/mol. The predicted molar refractivity (Wildman–Crippen MR) is 135 cm³/mol. The number of carbonyl (C=O) groups is 1. The maximum atomic E-state index is 13.6. The van der Waals surface area contributed by atoms with E-state index in [0.717, 1.165) is 37.4 Å². The summed E-state index contributed by atoms with van der Waals surface area (Å²) < 4.78 is 19.7. The van der Waals surface area contributed by atoms with Crippen molar-refractivity contribution in [1.82, 2.24) is 25.2 Å². The van der Waals surface area contributed by atoms with Crippen LogP contribution >= 0.6 is 34.5 Å². The summed E-state index contributed by atoms with van der Waals surface area (Å²) in [7, 11) is 0. The van der Waals surface area contributed by atoms with Gasteiger partial charge in [-0.05, 0) is 45.3 Å². The monoisotopic (exact) mass is 537 g/mol. The molecule has 7 nitrogen and oxygen atoms in total. The van der Waals surface area contributed by atoms with E-state index < -0.39 is 5.95 Å². The summed E-state index contributed by atoms with van der Waals surface area (Å²) in [4.78, 5) is 27.1. The number of ether oxygens (including phenoxy) is 1. The Morgan fingerprint density at radius 3 is 2.69 bits per heavy atom. The Morgan fingerprint density at radius 1 is 1.29 bits per heavy atom. The zero-order valence-corrected chi connectivity index (χ0v) is 21.5. The number of nitrogens with zero attached hydrogens (tertiary/aromatic N) is 4. The Bertz CT molecular complexity index is 1110. The molecule has 3 aromatic heterocycles. The minimum absolute atomic E-state index is 0.232. The Morgan fingerprint density at radius 2 is 2.03 bits per heavy atom. The van der Waals surface area contributed by atoms with Gasteiger partial charge in [-0.1, -0.05) is 29.3 Å². The van der Waals surface area contributed by atoms with E-state index in [1.54, 1.807) is 18.3 Å². The van der Waals surface area contributed by atoms with Gasteiger partial charge in [0.25, 0.3) is 5.91 Å². The first-order valence-electron chi connectivity index (χ1n) is 11.4. The second-order valence-corrected chi connectivity index (χ2v) is 10.2. The van der Waals surface area contributed by atoms with Crippen molar-refractivity contribution in [2.45, 2.75) is 38.3 Å². The normalized spacial score (nSPS) is 16.6. The fraction of sp³-hybridized carbons (Fsp3) is 0.417. The first-order valence-corrected chi connectivity index (χ1v) is 13.1. The van der Waals surface area contributed by atoms with Crippen LogP contribution in [-0.4, -0.2) is 51.4 Å². The zero-order valence-electron chi connectivity index (χ0n) is 19.2. The van der Waals surface area contributed by atoms with Gasteiger partial charge in [-0.15, -0.1) is 11.3 Å². The van der Waals surface area contributed by atoms with Crippen molar-refractivity contribution in [2.24, 2.45) is 5.92 Å². The average Bonchev–Trinajstić information content (AvgIpc) is 3.37. The summed E-state index contributed by atoms with van der Waals surface area (Å²) in [6.45, 7) is 4.45. The molecule has 11 heteroatoms. The molecule has 186 valence electrons. The van der Waals surface area contributed by atoms with E-state index in [9.17, 15) is 9.18 Å². The van der Waals surface area contributed by atoms with Gasteiger partial charge in [0.2, 0.25) is 11.8 Å². The Balaban J connectivity index is 1.29. The lowest BCUT2D eigenvalue weighted by Gasteiger charge is -2.38. The number of likely N-dealkylation sites (tertiary alicyclic amines) is 1. The van der Waals surface area contributed by atoms with Gasteiger partial charge in [0.15, 0.2) is 6.10 Å². The van der Waals surface area contributed by atoms with Gasteiger partial charge in [-0.3, -0.25) is 9.78 Å². The summed E-state index contributed by atoms with van der Waals surface area (Å²) in [5.41, 5.74) is 0.248. The van der Waals surface area contributed by atoms with Crippen LogP contribution in [0.25, 0.3) is 0 Å². The van der Waals surface area contributed by atoms with E-state index in [-0.39, 0.29) is 45.5 Å². The quantitative estimate of drug-likeness (QED) is 0.367. The predicted octanol–water partition coefficient (Wildman–Crippen LogP) is 5.42. The molecule has 1 fully saturated rings. The van der Waals surface area contributed by atoms with Crippen molar-refractivity contribution in [2.75, 3.05) is 19.6 Å². The van der Waals surface area contributed by atoms with Gasteiger partial charge in [0, 0.05) is 48.5 Å². The lowest BCUT2D eigenvalue weighted by Crippen LogP contribution is -2.43. The number of halogens is 3. The lowest BCUT2D eigenvalue weighted by molar-refractivity contribution is 0.0574. The number of piperidine rings is 1. The Kier molecular flexibility index (Phi) is 8.89. The highest BCUT2D eigenvalue weighted by molar-refractivity contribution is 7.09. The molecule has 1 N–H and O–H groups in total. The summed E-state index contributed by atoms with van der Waals surface area (Å²) in [6.07, 6.45) is 6.92. The SMILES string of the molecule is CC(CCNC(=O)c1c(Cl)cncc1Cl)N1CCC(C(Oc2cccc(F)n2)c2nccs2)CC1. The third-order valence-corrected chi connectivity index (χ3v) is 7.60. The van der Waals surface area contributed by atoms with Crippen molar-refractivity contribution in [3.05, 3.63) is 68.7 Å². The molecule has 0 saturated carbocycles. The molecule has 2 atom stereocenters. The van der Waals surface area contributed by atoms with Gasteiger partial charge in [0.05, 0.1) is 15.6 Å². The highest BCUT2D eigenvalue weighted by atomic mass is 35.5. The maximum absolute atomic E-state index is 13.6. The van der Waals surface area contributed by atoms with E-state index in [2.05, 4.69) is 32.1 Å². The first-order chi connectivity index (χ1) is 16.9. The van der Waals surface area contributed by atoms with Gasteiger partial charge >= 0.3 is 0 Å². The molecule has 1 saturated heterocycles. The van der Waals surface area contributed by atoms with Crippen molar-refractivity contribution in [1.29, 1.82) is 0 Å². The van der Waals surface area contributed by atoms with Crippen LogP contribution < -0.4 is 10.1 Å². The third kappa shape index (κ3) is 6.67. The number of hydrogen-bond acceptors (Lipinski definition) is 7. The molecule has 1 amide bonds. The smallest absolute Gasteiger partial charge is 0.254 e. The largest absolute Gasteiger partial charge is 0.467 e. The highest BCUT2D eigenvalue weighted by Crippen LogP contribution is 2.36. The van der Waals surface area contributed by atoms with Crippen LogP contribution in [-0.2, 0) is 0 Å². The van der Waals surface area contributed by atoms with E-state index in [1.807, 2.05) is 5.38 Å². The zero-order chi connectivity index (χ0) is 24.8. The van der Waals surface area contributed by atoms with Gasteiger partial charge in [-0.25, -0.2) is 4.98 Å². The number of aromatic nitrogens is 3. The molecule has 1 aliphatic heterocycles. The number of pyridine rings is 2. The standard InChI is InChI=1S/C24H26Cl2FN5O2S/c1-15(5-8-29-23(33)21-17(25)13-28-14-18(21)26)32-10-6-16(7-11-32)22(24-30-9-12-35-24)34-20-4-2-3-19(27)31-20/h2-4,9,12-16,22H,5-8,10-11H2,1H3,(H,29,33). The topological polar surface area (TPSA) is 80.2 Å². The van der Waals surface area contributed by atoms with Crippen LogP contribution in [0.1, 0.15) is 47.7 Å². The molecule has 0 aliphatic carbocycles. The Hall–Kier alpha value is -2.33. The van der Waals surface area contributed by atoms with Crippen molar-refractivity contribution in [3.63, 3.8) is 0 Å². The molecule has 35 heavy (non-hydrogen) atoms. The Labute approximate surface area is 217 Å². The fourth-order valence-electron chi connectivity index (χ4n) is 4.27. The molecule has 1 aliphatic rings. The molecule has 0 radical (unpaired) electrons. The van der Waals surface area contributed by atoms with Gasteiger partial charge in [-0.2, -0.15) is 9.37 Å². The number of thiazole rings is 1. The number of nitrogens with one attached hydrogen (secondary N) is 1. The molecule has 0 aromatic carbocycles. The van der Waals surface area contributed by atoms with Crippen LogP contribution in [0.2, 0.25) is 10.0 Å². The van der Waals surface area contributed by atoms with Gasteiger partial charge < -0.3 is 15.0 Å². The van der Waals surface area contributed by atoms with E-state index >= 15 is 0 Å². The first kappa shape index (κ1) is 25.8. The van der Waals surface area contributed by atoms with E-state index in [1.165, 1.54) is 29.8 Å². The van der Waals surface area contributed by atoms with Crippen molar-refractivity contribution >= 4 is 40.4 Å². The summed E-state index contributed by atoms with van der Waals surface area (Å²) in [6, 6.07) is 4.84. The number of carbonyl (C=O) groups excluding carboxylic acids is 1. The fourth-order valence-corrected chi connectivity index (χ4v) is 5.56. The molecule has 0 spiro atoms. The molecule has 4 heterocycles. The minimum atomic E-state index is -0.565. The third-order valence-electron chi connectivity index (χ3n) is 6.19. The van der Waals surface area contributed by atoms with E-state index in [4.69, 9.17) is 27.9 Å². The van der Waals surface area contributed by atoms with Crippen LogP contribution in [0.5, 0.6) is 5.88 Å². The molecule has 0 bridgehead atoms. The number of rotatable bonds is 9. The van der Waals surface area contributed by atoms with Crippen LogP contribution in [0.3, 0.4) is 0 Å². The molecule has 4 rings (SSSR count). The number of amides is 1. The highest BCUT2D eigenvalue weighted by Gasteiger charge is 2.32. The van der Waals surface area contributed by atoms with Crippen LogP contribution in [0, 0.1) is 11.9 Å². The molecule has 2 unspecified atom stereocenters. The number of hydrogen-bond donors (Lipinski definition) is 1. The molecule has 3 aromatic rings. The summed E-state index contributed by atoms with van der Waals surface area (Å²) in [5, 5.41) is 6.16. The van der Waals surface area contributed by atoms with Crippen LogP contribution in [0.15, 0.2) is 42.2 Å². The van der Waals surface area contributed by atoms with Crippen molar-refractivity contribution in [3.8, 4) is 5.88 Å². The minimum Gasteiger partial charge on any atom is -0.467 e. The van der Waals surface area contributed by atoms with E-state index in [0.29, 0.717) is 6.54 Å². The molecular formula is C24H26Cl2FN5O2S. The second-order valence-electron chi connectivity index (χ2n) is 8.45. The second kappa shape index (κ2) is 12.1. The van der Waals surface area contributed by atoms with Gasteiger partial charge in [0.1, 0.15) is 5.01 Å². The summed E-state index contributed by atoms with van der Waals surface area (Å²) in [5.74, 6) is -0.358. The van der Waals surface area contributed by atoms with Crippen molar-refractivity contribution < 1.29 is 13.9 Å². The lowest BCUT2D eigenvalue weighted by atomic mass is 9.90. The maximum Gasteiger partial charge on any atom is 0.254 e. The summed E-state index contributed by atoms with van der Waals surface area (Å²) >= 11 is 13.7. The van der Waals surface area contributed by atoms with Crippen LogP contribution in [0.4, 0.5) is 4.39 Å².